The molecule has 2 fully saturated rings. The minimum atomic E-state index is 0.587. The van der Waals surface area contributed by atoms with Gasteiger partial charge in [-0.05, 0) is 92.9 Å². The third kappa shape index (κ3) is 7.26. The highest BCUT2D eigenvalue weighted by molar-refractivity contribution is 5.30. The Hall–Kier alpha value is -1.68. The molecule has 0 aliphatic heterocycles. The van der Waals surface area contributed by atoms with Gasteiger partial charge >= 0.3 is 0 Å². The number of allylic oxidation sites excluding steroid dienone is 2. The fraction of sp³-hybridized carbons (Fsp3) is 0.643. The molecule has 1 aromatic rings. The van der Waals surface area contributed by atoms with Crippen LogP contribution in [0.15, 0.2) is 36.4 Å². The van der Waals surface area contributed by atoms with Crippen molar-refractivity contribution in [2.24, 2.45) is 17.8 Å². The van der Waals surface area contributed by atoms with Crippen molar-refractivity contribution >= 4 is 0 Å². The first-order valence-corrected chi connectivity index (χ1v) is 12.1. The number of rotatable bonds is 7. The molecule has 29 heavy (non-hydrogen) atoms. The zero-order chi connectivity index (χ0) is 20.3. The molecule has 0 saturated heterocycles. The van der Waals surface area contributed by atoms with Crippen molar-refractivity contribution in [2.45, 2.75) is 89.9 Å². The third-order valence-corrected chi connectivity index (χ3v) is 7.16. The Morgan fingerprint density at radius 3 is 2.31 bits per heavy atom. The normalized spacial score (nSPS) is 27.4. The summed E-state index contributed by atoms with van der Waals surface area (Å²) in [6.45, 7) is 2.30. The maximum absolute atomic E-state index is 5.27. The first kappa shape index (κ1) is 22.0. The number of benzene rings is 1. The zero-order valence-corrected chi connectivity index (χ0v) is 18.7. The Bertz CT molecular complexity index is 659. The quantitative estimate of drug-likeness (QED) is 0.338. The molecule has 0 amide bonds. The van der Waals surface area contributed by atoms with Crippen LogP contribution in [0.3, 0.4) is 0 Å². The van der Waals surface area contributed by atoms with Crippen molar-refractivity contribution in [1.82, 2.24) is 0 Å². The second-order valence-electron chi connectivity index (χ2n) is 9.25. The number of methoxy groups -OCH3 is 1. The van der Waals surface area contributed by atoms with Crippen LogP contribution in [0.4, 0.5) is 0 Å². The lowest BCUT2D eigenvalue weighted by atomic mass is 9.79. The van der Waals surface area contributed by atoms with Crippen LogP contribution in [0.5, 0.6) is 5.75 Å². The maximum atomic E-state index is 5.27. The van der Waals surface area contributed by atoms with Crippen LogP contribution in [0.25, 0.3) is 0 Å². The van der Waals surface area contributed by atoms with Gasteiger partial charge in [-0.25, -0.2) is 0 Å². The zero-order valence-electron chi connectivity index (χ0n) is 18.7. The van der Waals surface area contributed by atoms with E-state index in [1.54, 1.807) is 7.11 Å². The van der Waals surface area contributed by atoms with Crippen LogP contribution in [0.1, 0.15) is 95.5 Å². The molecule has 0 aromatic heterocycles. The van der Waals surface area contributed by atoms with Gasteiger partial charge in [0.25, 0.3) is 0 Å². The Labute approximate surface area is 179 Å². The maximum Gasteiger partial charge on any atom is 0.118 e. The second kappa shape index (κ2) is 12.1. The molecule has 1 nitrogen and oxygen atoms in total. The summed E-state index contributed by atoms with van der Waals surface area (Å²) in [6, 6.07) is 8.64. The van der Waals surface area contributed by atoms with Gasteiger partial charge < -0.3 is 4.74 Å². The van der Waals surface area contributed by atoms with E-state index in [9.17, 15) is 0 Å². The first-order valence-electron chi connectivity index (χ1n) is 12.1. The van der Waals surface area contributed by atoms with E-state index in [1.807, 2.05) is 0 Å². The van der Waals surface area contributed by atoms with E-state index in [2.05, 4.69) is 55.2 Å². The summed E-state index contributed by atoms with van der Waals surface area (Å²) in [6.07, 6.45) is 20.8. The van der Waals surface area contributed by atoms with Crippen LogP contribution < -0.4 is 4.74 Å². The lowest BCUT2D eigenvalue weighted by Crippen LogP contribution is -2.13. The van der Waals surface area contributed by atoms with Crippen molar-refractivity contribution < 1.29 is 4.74 Å². The van der Waals surface area contributed by atoms with E-state index < -0.39 is 0 Å². The lowest BCUT2D eigenvalue weighted by Gasteiger charge is -2.26. The first-order chi connectivity index (χ1) is 14.3. The van der Waals surface area contributed by atoms with Crippen molar-refractivity contribution in [3.8, 4) is 17.6 Å². The predicted molar refractivity (Wildman–Crippen MR) is 124 cm³/mol. The largest absolute Gasteiger partial charge is 0.497 e. The van der Waals surface area contributed by atoms with Gasteiger partial charge in [0.15, 0.2) is 0 Å². The fourth-order valence-corrected chi connectivity index (χ4v) is 5.15. The molecule has 0 atom stereocenters. The van der Waals surface area contributed by atoms with E-state index >= 15 is 0 Å². The summed E-state index contributed by atoms with van der Waals surface area (Å²) in [5.74, 6) is 10.9. The second-order valence-corrected chi connectivity index (χ2v) is 9.25. The standard InChI is InChI=1S/C28H40O/c1-3-4-5-8-23-11-13-24(14-12-23)9-6-7-10-25-15-17-26(18-16-25)27-19-21-28(29-2)22-20-27/h6,9,19-26H,3-5,8,11-18H2,1-2H3. The molecule has 1 aromatic carbocycles. The molecular weight excluding hydrogens is 352 g/mol. The smallest absolute Gasteiger partial charge is 0.118 e. The molecule has 3 rings (SSSR count). The van der Waals surface area contributed by atoms with E-state index in [0.717, 1.165) is 17.6 Å². The van der Waals surface area contributed by atoms with Crippen molar-refractivity contribution in [3.05, 3.63) is 42.0 Å². The Morgan fingerprint density at radius 2 is 1.66 bits per heavy atom. The van der Waals surface area contributed by atoms with E-state index in [0.29, 0.717) is 11.8 Å². The molecule has 2 aliphatic rings. The topological polar surface area (TPSA) is 9.23 Å². The van der Waals surface area contributed by atoms with E-state index in [4.69, 9.17) is 4.74 Å². The molecule has 0 radical (unpaired) electrons. The monoisotopic (exact) mass is 392 g/mol. The average Bonchev–Trinajstić information content (AvgIpc) is 2.78. The molecular formula is C28H40O. The summed E-state index contributed by atoms with van der Waals surface area (Å²) in [5.41, 5.74) is 1.46. The van der Waals surface area contributed by atoms with Gasteiger partial charge in [0, 0.05) is 5.92 Å². The lowest BCUT2D eigenvalue weighted by molar-refractivity contribution is 0.289. The highest BCUT2D eigenvalue weighted by atomic mass is 16.5. The van der Waals surface area contributed by atoms with Crippen LogP contribution in [0, 0.1) is 29.6 Å². The van der Waals surface area contributed by atoms with Gasteiger partial charge in [-0.3, -0.25) is 0 Å². The SMILES string of the molecule is CCCCCC1CCC(C=CC#CC2CCC(c3ccc(OC)cc3)CC2)CC1. The number of ether oxygens (including phenoxy) is 1. The molecule has 0 spiro atoms. The van der Waals surface area contributed by atoms with Crippen molar-refractivity contribution in [3.63, 3.8) is 0 Å². The van der Waals surface area contributed by atoms with E-state index in [1.165, 1.54) is 82.6 Å². The van der Waals surface area contributed by atoms with Gasteiger partial charge in [0.05, 0.1) is 7.11 Å². The average molecular weight is 393 g/mol. The van der Waals surface area contributed by atoms with Gasteiger partial charge in [0.2, 0.25) is 0 Å². The number of unbranched alkanes of at least 4 members (excludes halogenated alkanes) is 2. The summed E-state index contributed by atoms with van der Waals surface area (Å²) in [5, 5.41) is 0. The predicted octanol–water partition coefficient (Wildman–Crippen LogP) is 7.92. The van der Waals surface area contributed by atoms with Crippen molar-refractivity contribution in [2.75, 3.05) is 7.11 Å². The minimum Gasteiger partial charge on any atom is -0.497 e. The van der Waals surface area contributed by atoms with Gasteiger partial charge in [-0.2, -0.15) is 0 Å². The Balaban J connectivity index is 1.35. The summed E-state index contributed by atoms with van der Waals surface area (Å²) < 4.78 is 5.27. The van der Waals surface area contributed by atoms with Crippen LogP contribution in [-0.2, 0) is 0 Å². The molecule has 1 heteroatoms. The van der Waals surface area contributed by atoms with Gasteiger partial charge in [-0.15, -0.1) is 0 Å². The van der Waals surface area contributed by atoms with Gasteiger partial charge in [0.1, 0.15) is 5.75 Å². The Morgan fingerprint density at radius 1 is 0.931 bits per heavy atom. The van der Waals surface area contributed by atoms with Crippen molar-refractivity contribution in [1.29, 1.82) is 0 Å². The Kier molecular flexibility index (Phi) is 9.20. The van der Waals surface area contributed by atoms with Crippen LogP contribution >= 0.6 is 0 Å². The molecule has 2 saturated carbocycles. The summed E-state index contributed by atoms with van der Waals surface area (Å²) in [7, 11) is 1.73. The fourth-order valence-electron chi connectivity index (χ4n) is 5.15. The molecule has 2 aliphatic carbocycles. The molecule has 158 valence electrons. The number of hydrogen-bond acceptors (Lipinski definition) is 1. The summed E-state index contributed by atoms with van der Waals surface area (Å²) >= 11 is 0. The number of hydrogen-bond donors (Lipinski definition) is 0. The molecule has 0 N–H and O–H groups in total. The highest BCUT2D eigenvalue weighted by Crippen LogP contribution is 2.36. The van der Waals surface area contributed by atoms with Crippen LogP contribution in [-0.4, -0.2) is 7.11 Å². The highest BCUT2D eigenvalue weighted by Gasteiger charge is 2.21. The summed E-state index contributed by atoms with van der Waals surface area (Å²) in [4.78, 5) is 0. The molecule has 0 unspecified atom stereocenters. The molecule has 0 heterocycles. The van der Waals surface area contributed by atoms with Crippen LogP contribution in [0.2, 0.25) is 0 Å². The van der Waals surface area contributed by atoms with E-state index in [-0.39, 0.29) is 0 Å². The van der Waals surface area contributed by atoms with Gasteiger partial charge in [-0.1, -0.05) is 62.7 Å². The molecule has 0 bridgehead atoms. The minimum absolute atomic E-state index is 0.587. The third-order valence-electron chi connectivity index (χ3n) is 7.16.